The third-order valence-electron chi connectivity index (χ3n) is 2.62. The quantitative estimate of drug-likeness (QED) is 0.537. The molecule has 0 saturated heterocycles. The molecule has 1 unspecified atom stereocenters. The maximum Gasteiger partial charge on any atom is 0.0591 e. The van der Waals surface area contributed by atoms with E-state index in [1.54, 1.807) is 0 Å². The van der Waals surface area contributed by atoms with E-state index in [9.17, 15) is 0 Å². The first-order valence-electron chi connectivity index (χ1n) is 6.28. The Bertz CT molecular complexity index is 322. The van der Waals surface area contributed by atoms with Crippen LogP contribution in [0.15, 0.2) is 24.8 Å². The molecule has 0 aliphatic rings. The van der Waals surface area contributed by atoms with E-state index in [0.29, 0.717) is 6.04 Å². The lowest BCUT2D eigenvalue weighted by Gasteiger charge is -2.12. The van der Waals surface area contributed by atoms with Crippen LogP contribution in [0.25, 0.3) is 0 Å². The van der Waals surface area contributed by atoms with Gasteiger partial charge in [-0.3, -0.25) is 0 Å². The van der Waals surface area contributed by atoms with Crippen molar-refractivity contribution in [1.29, 1.82) is 0 Å². The van der Waals surface area contributed by atoms with E-state index < -0.39 is 0 Å². The molecule has 0 spiro atoms. The molecule has 1 heterocycles. The van der Waals surface area contributed by atoms with Gasteiger partial charge >= 0.3 is 0 Å². The second kappa shape index (κ2) is 8.45. The van der Waals surface area contributed by atoms with Crippen LogP contribution in [0.1, 0.15) is 36.1 Å². The lowest BCUT2D eigenvalue weighted by Crippen LogP contribution is -2.22. The molecule has 1 atom stereocenters. The first kappa shape index (κ1) is 14.4. The summed E-state index contributed by atoms with van der Waals surface area (Å²) in [6.07, 6.45) is 3.94. The van der Waals surface area contributed by atoms with E-state index in [4.69, 9.17) is 4.74 Å². The molecule has 1 aromatic heterocycles. The van der Waals surface area contributed by atoms with Gasteiger partial charge in [0.15, 0.2) is 0 Å². The minimum absolute atomic E-state index is 0.420. The maximum absolute atomic E-state index is 5.46. The fourth-order valence-corrected chi connectivity index (χ4v) is 2.51. The van der Waals surface area contributed by atoms with E-state index in [0.717, 1.165) is 32.6 Å². The monoisotopic (exact) mass is 253 g/mol. The molecule has 17 heavy (non-hydrogen) atoms. The van der Waals surface area contributed by atoms with Crippen molar-refractivity contribution in [2.24, 2.45) is 0 Å². The Balaban J connectivity index is 2.16. The summed E-state index contributed by atoms with van der Waals surface area (Å²) in [5, 5.41) is 3.47. The van der Waals surface area contributed by atoms with Crippen molar-refractivity contribution in [3.8, 4) is 0 Å². The zero-order valence-electron chi connectivity index (χ0n) is 10.9. The van der Waals surface area contributed by atoms with Crippen LogP contribution in [0, 0.1) is 0 Å². The maximum atomic E-state index is 5.46. The van der Waals surface area contributed by atoms with E-state index in [1.165, 1.54) is 9.75 Å². The number of nitrogens with one attached hydrogen (secondary N) is 1. The van der Waals surface area contributed by atoms with Gasteiger partial charge < -0.3 is 10.1 Å². The van der Waals surface area contributed by atoms with Crippen molar-refractivity contribution in [3.63, 3.8) is 0 Å². The molecule has 0 aliphatic carbocycles. The summed E-state index contributed by atoms with van der Waals surface area (Å²) in [7, 11) is 0. The molecule has 0 saturated carbocycles. The van der Waals surface area contributed by atoms with Crippen LogP contribution < -0.4 is 5.32 Å². The summed E-state index contributed by atoms with van der Waals surface area (Å²) in [5.74, 6) is 0. The van der Waals surface area contributed by atoms with Gasteiger partial charge in [0.1, 0.15) is 0 Å². The van der Waals surface area contributed by atoms with E-state index in [2.05, 4.69) is 37.9 Å². The SMILES string of the molecule is C=CCCOCCNC(C)c1ccc(CC)s1. The van der Waals surface area contributed by atoms with Crippen LogP contribution in [0.4, 0.5) is 0 Å². The van der Waals surface area contributed by atoms with Crippen LogP contribution in [0.5, 0.6) is 0 Å². The van der Waals surface area contributed by atoms with Crippen LogP contribution in [0.3, 0.4) is 0 Å². The summed E-state index contributed by atoms with van der Waals surface area (Å²) < 4.78 is 5.46. The number of hydrogen-bond acceptors (Lipinski definition) is 3. The Morgan fingerprint density at radius 1 is 1.47 bits per heavy atom. The van der Waals surface area contributed by atoms with Gasteiger partial charge in [0, 0.05) is 22.3 Å². The van der Waals surface area contributed by atoms with Crippen LogP contribution >= 0.6 is 11.3 Å². The zero-order valence-corrected chi connectivity index (χ0v) is 11.7. The summed E-state index contributed by atoms with van der Waals surface area (Å²) in [4.78, 5) is 2.86. The number of hydrogen-bond donors (Lipinski definition) is 1. The molecule has 2 nitrogen and oxygen atoms in total. The Morgan fingerprint density at radius 3 is 2.94 bits per heavy atom. The van der Waals surface area contributed by atoms with Gasteiger partial charge in [0.05, 0.1) is 13.2 Å². The molecule has 0 radical (unpaired) electrons. The molecule has 0 fully saturated rings. The minimum atomic E-state index is 0.420. The molecule has 1 rings (SSSR count). The highest BCUT2D eigenvalue weighted by atomic mass is 32.1. The van der Waals surface area contributed by atoms with Gasteiger partial charge in [-0.2, -0.15) is 0 Å². The molecule has 0 amide bonds. The number of rotatable bonds is 9. The molecular weight excluding hydrogens is 230 g/mol. The predicted molar refractivity (Wildman–Crippen MR) is 75.7 cm³/mol. The number of ether oxygens (including phenoxy) is 1. The van der Waals surface area contributed by atoms with Crippen molar-refractivity contribution < 1.29 is 4.74 Å². The fraction of sp³-hybridized carbons (Fsp3) is 0.571. The smallest absolute Gasteiger partial charge is 0.0591 e. The first-order valence-corrected chi connectivity index (χ1v) is 7.10. The molecule has 96 valence electrons. The van der Waals surface area contributed by atoms with Crippen LogP contribution in [-0.4, -0.2) is 19.8 Å². The van der Waals surface area contributed by atoms with Crippen molar-refractivity contribution in [1.82, 2.24) is 5.32 Å². The van der Waals surface area contributed by atoms with Crippen LogP contribution in [0.2, 0.25) is 0 Å². The summed E-state index contributed by atoms with van der Waals surface area (Å²) >= 11 is 1.90. The summed E-state index contributed by atoms with van der Waals surface area (Å²) in [5.41, 5.74) is 0. The summed E-state index contributed by atoms with van der Waals surface area (Å²) in [6, 6.07) is 4.86. The topological polar surface area (TPSA) is 21.3 Å². The highest BCUT2D eigenvalue weighted by Gasteiger charge is 2.06. The van der Waals surface area contributed by atoms with Gasteiger partial charge in [-0.25, -0.2) is 0 Å². The average molecular weight is 253 g/mol. The second-order valence-corrected chi connectivity index (χ2v) is 5.22. The number of thiophene rings is 1. The van der Waals surface area contributed by atoms with Gasteiger partial charge in [0.25, 0.3) is 0 Å². The first-order chi connectivity index (χ1) is 8.27. The molecule has 1 aromatic rings. The van der Waals surface area contributed by atoms with Gasteiger partial charge in [0.2, 0.25) is 0 Å². The Hall–Kier alpha value is -0.640. The third kappa shape index (κ3) is 5.48. The van der Waals surface area contributed by atoms with E-state index in [1.807, 2.05) is 17.4 Å². The largest absolute Gasteiger partial charge is 0.380 e. The van der Waals surface area contributed by atoms with Gasteiger partial charge in [-0.1, -0.05) is 13.0 Å². The van der Waals surface area contributed by atoms with Crippen LogP contribution in [-0.2, 0) is 11.2 Å². The van der Waals surface area contributed by atoms with Gasteiger partial charge in [-0.15, -0.1) is 17.9 Å². The van der Waals surface area contributed by atoms with Crippen molar-refractivity contribution >= 4 is 11.3 Å². The molecule has 0 bridgehead atoms. The normalized spacial score (nSPS) is 12.6. The van der Waals surface area contributed by atoms with Crippen molar-refractivity contribution in [2.45, 2.75) is 32.7 Å². The standard InChI is InChI=1S/C14H23NOS/c1-4-6-10-16-11-9-15-12(3)14-8-7-13(5-2)17-14/h4,7-8,12,15H,1,5-6,9-11H2,2-3H3. The number of aryl methyl sites for hydroxylation is 1. The molecule has 0 aliphatic heterocycles. The lowest BCUT2D eigenvalue weighted by molar-refractivity contribution is 0.139. The minimum Gasteiger partial charge on any atom is -0.380 e. The second-order valence-electron chi connectivity index (χ2n) is 4.02. The van der Waals surface area contributed by atoms with E-state index in [-0.39, 0.29) is 0 Å². The lowest BCUT2D eigenvalue weighted by atomic mass is 10.2. The molecule has 1 N–H and O–H groups in total. The highest BCUT2D eigenvalue weighted by molar-refractivity contribution is 7.12. The Kier molecular flexibility index (Phi) is 7.17. The Labute approximate surface area is 109 Å². The van der Waals surface area contributed by atoms with Gasteiger partial charge in [-0.05, 0) is 31.9 Å². The molecular formula is C14H23NOS. The molecule has 0 aromatic carbocycles. The molecule has 3 heteroatoms. The zero-order chi connectivity index (χ0) is 12.5. The van der Waals surface area contributed by atoms with Crippen molar-refractivity contribution in [2.75, 3.05) is 19.8 Å². The highest BCUT2D eigenvalue weighted by Crippen LogP contribution is 2.23. The predicted octanol–water partition coefficient (Wildman–Crippen LogP) is 3.55. The van der Waals surface area contributed by atoms with Crippen molar-refractivity contribution in [3.05, 3.63) is 34.5 Å². The summed E-state index contributed by atoms with van der Waals surface area (Å²) in [6.45, 7) is 10.5. The van der Waals surface area contributed by atoms with E-state index >= 15 is 0 Å². The third-order valence-corrected chi connectivity index (χ3v) is 4.03. The Morgan fingerprint density at radius 2 is 2.29 bits per heavy atom. The fourth-order valence-electron chi connectivity index (χ4n) is 1.53. The average Bonchev–Trinajstić information content (AvgIpc) is 2.82.